The highest BCUT2D eigenvalue weighted by molar-refractivity contribution is 4.78. The van der Waals surface area contributed by atoms with Gasteiger partial charge in [-0.3, -0.25) is 0 Å². The van der Waals surface area contributed by atoms with Crippen LogP contribution in [-0.4, -0.2) is 5.54 Å². The van der Waals surface area contributed by atoms with Gasteiger partial charge in [-0.2, -0.15) is 0 Å². The molecule has 2 N–H and O–H groups in total. The smallest absolute Gasteiger partial charge is 0.0125 e. The van der Waals surface area contributed by atoms with Gasteiger partial charge in [0.15, 0.2) is 0 Å². The largest absolute Gasteiger partial charge is 0.325 e. The SMILES string of the molecule is CCCCCCCCCCCC(C)(N)CCCCC. The Kier molecular flexibility index (Phi) is 12.9. The Morgan fingerprint density at radius 1 is 0.579 bits per heavy atom. The highest BCUT2D eigenvalue weighted by atomic mass is 14.7. The maximum Gasteiger partial charge on any atom is 0.0125 e. The lowest BCUT2D eigenvalue weighted by atomic mass is 9.89. The Morgan fingerprint density at radius 2 is 0.895 bits per heavy atom. The lowest BCUT2D eigenvalue weighted by Crippen LogP contribution is -2.35. The van der Waals surface area contributed by atoms with Gasteiger partial charge in [-0.1, -0.05) is 90.9 Å². The van der Waals surface area contributed by atoms with Gasteiger partial charge in [0, 0.05) is 5.54 Å². The lowest BCUT2D eigenvalue weighted by molar-refractivity contribution is 0.366. The van der Waals surface area contributed by atoms with Crippen LogP contribution in [0.5, 0.6) is 0 Å². The van der Waals surface area contributed by atoms with E-state index in [1.54, 1.807) is 0 Å². The summed E-state index contributed by atoms with van der Waals surface area (Å²) in [5.41, 5.74) is 6.45. The number of hydrogen-bond acceptors (Lipinski definition) is 1. The van der Waals surface area contributed by atoms with Crippen molar-refractivity contribution in [2.45, 2.75) is 116 Å². The third-order valence-electron chi connectivity index (χ3n) is 4.20. The molecule has 0 rings (SSSR count). The minimum absolute atomic E-state index is 0.0935. The van der Waals surface area contributed by atoms with Crippen LogP contribution >= 0.6 is 0 Å². The normalized spacial score (nSPS) is 14.5. The molecule has 0 heterocycles. The number of nitrogens with two attached hydrogens (primary N) is 1. The van der Waals surface area contributed by atoms with Crippen molar-refractivity contribution in [3.05, 3.63) is 0 Å². The van der Waals surface area contributed by atoms with Gasteiger partial charge in [0.2, 0.25) is 0 Å². The standard InChI is InChI=1S/C18H39N/c1-4-6-8-9-10-11-12-13-15-17-18(3,19)16-14-7-5-2/h4-17,19H2,1-3H3. The first-order chi connectivity index (χ1) is 9.12. The molecule has 1 atom stereocenters. The van der Waals surface area contributed by atoms with Gasteiger partial charge in [-0.25, -0.2) is 0 Å². The van der Waals surface area contributed by atoms with Gasteiger partial charge in [-0.15, -0.1) is 0 Å². The first kappa shape index (κ1) is 19.0. The highest BCUT2D eigenvalue weighted by Crippen LogP contribution is 2.20. The summed E-state index contributed by atoms with van der Waals surface area (Å²) in [6, 6.07) is 0. The molecule has 0 bridgehead atoms. The fourth-order valence-electron chi connectivity index (χ4n) is 2.74. The van der Waals surface area contributed by atoms with Crippen LogP contribution in [0.1, 0.15) is 111 Å². The second kappa shape index (κ2) is 13.0. The molecule has 0 aliphatic heterocycles. The van der Waals surface area contributed by atoms with Crippen molar-refractivity contribution in [2.24, 2.45) is 5.73 Å². The molecule has 0 aromatic rings. The van der Waals surface area contributed by atoms with E-state index >= 15 is 0 Å². The van der Waals surface area contributed by atoms with E-state index in [2.05, 4.69) is 20.8 Å². The molecule has 0 aliphatic rings. The van der Waals surface area contributed by atoms with Crippen LogP contribution < -0.4 is 5.73 Å². The summed E-state index contributed by atoms with van der Waals surface area (Å²) in [5.74, 6) is 0. The predicted molar refractivity (Wildman–Crippen MR) is 88.6 cm³/mol. The van der Waals surface area contributed by atoms with Crippen molar-refractivity contribution < 1.29 is 0 Å². The molecule has 0 aromatic carbocycles. The molecule has 1 unspecified atom stereocenters. The van der Waals surface area contributed by atoms with Crippen molar-refractivity contribution in [1.29, 1.82) is 0 Å². The second-order valence-corrected chi connectivity index (χ2v) is 6.69. The number of hydrogen-bond donors (Lipinski definition) is 1. The molecular weight excluding hydrogens is 230 g/mol. The van der Waals surface area contributed by atoms with E-state index in [0.29, 0.717) is 0 Å². The maximum atomic E-state index is 6.35. The fraction of sp³-hybridized carbons (Fsp3) is 1.00. The van der Waals surface area contributed by atoms with Crippen LogP contribution in [0.25, 0.3) is 0 Å². The summed E-state index contributed by atoms with van der Waals surface area (Å²) >= 11 is 0. The van der Waals surface area contributed by atoms with Crippen LogP contribution in [0.2, 0.25) is 0 Å². The maximum absolute atomic E-state index is 6.35. The molecule has 0 aromatic heterocycles. The van der Waals surface area contributed by atoms with Crippen molar-refractivity contribution >= 4 is 0 Å². The predicted octanol–water partition coefficient (Wildman–Crippen LogP) is 6.21. The van der Waals surface area contributed by atoms with Crippen LogP contribution in [-0.2, 0) is 0 Å². The zero-order valence-electron chi connectivity index (χ0n) is 14.0. The Hall–Kier alpha value is -0.0400. The van der Waals surface area contributed by atoms with Gasteiger partial charge in [0.05, 0.1) is 0 Å². The summed E-state index contributed by atoms with van der Waals surface area (Å²) in [7, 11) is 0. The minimum Gasteiger partial charge on any atom is -0.325 e. The Labute approximate surface area is 122 Å². The van der Waals surface area contributed by atoms with Crippen molar-refractivity contribution in [2.75, 3.05) is 0 Å². The molecule has 0 saturated carbocycles. The highest BCUT2D eigenvalue weighted by Gasteiger charge is 2.16. The van der Waals surface area contributed by atoms with Crippen LogP contribution in [0, 0.1) is 0 Å². The molecule has 0 radical (unpaired) electrons. The molecule has 0 amide bonds. The van der Waals surface area contributed by atoms with E-state index in [4.69, 9.17) is 5.73 Å². The zero-order chi connectivity index (χ0) is 14.4. The van der Waals surface area contributed by atoms with Crippen LogP contribution in [0.15, 0.2) is 0 Å². The first-order valence-electron chi connectivity index (χ1n) is 8.91. The fourth-order valence-corrected chi connectivity index (χ4v) is 2.74. The Bertz CT molecular complexity index is 175. The molecule has 116 valence electrons. The molecule has 0 aliphatic carbocycles. The van der Waals surface area contributed by atoms with Gasteiger partial charge < -0.3 is 5.73 Å². The summed E-state index contributed by atoms with van der Waals surface area (Å²) in [5, 5.41) is 0. The Balaban J connectivity index is 3.27. The summed E-state index contributed by atoms with van der Waals surface area (Å²) in [6.45, 7) is 6.78. The van der Waals surface area contributed by atoms with E-state index in [0.717, 1.165) is 0 Å². The van der Waals surface area contributed by atoms with Gasteiger partial charge in [0.1, 0.15) is 0 Å². The minimum atomic E-state index is 0.0935. The second-order valence-electron chi connectivity index (χ2n) is 6.69. The summed E-state index contributed by atoms with van der Waals surface area (Å²) < 4.78 is 0. The number of unbranched alkanes of at least 4 members (excludes halogenated alkanes) is 10. The summed E-state index contributed by atoms with van der Waals surface area (Å²) in [6.07, 6.45) is 19.0. The van der Waals surface area contributed by atoms with Crippen molar-refractivity contribution in [3.63, 3.8) is 0 Å². The molecule has 0 spiro atoms. The van der Waals surface area contributed by atoms with Crippen LogP contribution in [0.4, 0.5) is 0 Å². The molecule has 1 nitrogen and oxygen atoms in total. The topological polar surface area (TPSA) is 26.0 Å². The van der Waals surface area contributed by atoms with Crippen molar-refractivity contribution in [3.8, 4) is 0 Å². The average molecular weight is 270 g/mol. The van der Waals surface area contributed by atoms with Gasteiger partial charge >= 0.3 is 0 Å². The first-order valence-corrected chi connectivity index (χ1v) is 8.91. The Morgan fingerprint density at radius 3 is 1.37 bits per heavy atom. The monoisotopic (exact) mass is 269 g/mol. The lowest BCUT2D eigenvalue weighted by Gasteiger charge is -2.24. The number of rotatable bonds is 14. The molecule has 19 heavy (non-hydrogen) atoms. The van der Waals surface area contributed by atoms with Crippen LogP contribution in [0.3, 0.4) is 0 Å². The van der Waals surface area contributed by atoms with E-state index in [9.17, 15) is 0 Å². The summed E-state index contributed by atoms with van der Waals surface area (Å²) in [4.78, 5) is 0. The quantitative estimate of drug-likeness (QED) is 0.373. The van der Waals surface area contributed by atoms with E-state index < -0.39 is 0 Å². The third-order valence-corrected chi connectivity index (χ3v) is 4.20. The third kappa shape index (κ3) is 14.2. The molecule has 0 fully saturated rings. The van der Waals surface area contributed by atoms with E-state index in [1.165, 1.54) is 89.9 Å². The molecule has 0 saturated heterocycles. The van der Waals surface area contributed by atoms with E-state index in [-0.39, 0.29) is 5.54 Å². The zero-order valence-corrected chi connectivity index (χ0v) is 14.0. The molecule has 1 heteroatoms. The van der Waals surface area contributed by atoms with Crippen molar-refractivity contribution in [1.82, 2.24) is 0 Å². The van der Waals surface area contributed by atoms with E-state index in [1.807, 2.05) is 0 Å². The van der Waals surface area contributed by atoms with Gasteiger partial charge in [-0.05, 0) is 19.8 Å². The average Bonchev–Trinajstić information content (AvgIpc) is 2.37. The van der Waals surface area contributed by atoms with Gasteiger partial charge in [0.25, 0.3) is 0 Å². The molecular formula is C18H39N.